The fourth-order valence-electron chi connectivity index (χ4n) is 2.58. The molecule has 9 heteroatoms. The summed E-state index contributed by atoms with van der Waals surface area (Å²) in [6, 6.07) is 3.67. The van der Waals surface area contributed by atoms with E-state index in [9.17, 15) is 9.59 Å². The number of amides is 1. The number of aryl methyl sites for hydroxylation is 1. The lowest BCUT2D eigenvalue weighted by Gasteiger charge is -2.08. The van der Waals surface area contributed by atoms with Crippen molar-refractivity contribution in [2.75, 3.05) is 0 Å². The summed E-state index contributed by atoms with van der Waals surface area (Å²) in [6.07, 6.45) is 8.12. The molecule has 0 spiro atoms. The molecule has 8 nitrogen and oxygen atoms in total. The Balaban J connectivity index is 1.53. The molecule has 26 heavy (non-hydrogen) atoms. The van der Waals surface area contributed by atoms with Gasteiger partial charge in [0.2, 0.25) is 0 Å². The van der Waals surface area contributed by atoms with E-state index in [1.165, 1.54) is 21.9 Å². The van der Waals surface area contributed by atoms with Crippen LogP contribution < -0.4 is 10.9 Å². The van der Waals surface area contributed by atoms with Crippen LogP contribution >= 0.6 is 11.3 Å². The zero-order valence-electron chi connectivity index (χ0n) is 13.8. The first-order valence-electron chi connectivity index (χ1n) is 7.82. The largest absolute Gasteiger partial charge is 0.348 e. The third-order valence-electron chi connectivity index (χ3n) is 3.92. The SMILES string of the molecule is Cc1nccn1-c1cc(CNC(=O)c2cnc3sccn3c2=O)ccn1. The second kappa shape index (κ2) is 6.52. The summed E-state index contributed by atoms with van der Waals surface area (Å²) < 4.78 is 3.22. The summed E-state index contributed by atoms with van der Waals surface area (Å²) in [5.41, 5.74) is 0.500. The molecule has 0 saturated heterocycles. The van der Waals surface area contributed by atoms with Gasteiger partial charge in [0.25, 0.3) is 11.5 Å². The predicted octanol–water partition coefficient (Wildman–Crippen LogP) is 1.58. The molecule has 1 N–H and O–H groups in total. The van der Waals surface area contributed by atoms with Gasteiger partial charge in [-0.3, -0.25) is 18.6 Å². The van der Waals surface area contributed by atoms with Gasteiger partial charge in [0.05, 0.1) is 0 Å². The summed E-state index contributed by atoms with van der Waals surface area (Å²) in [5.74, 6) is 1.08. The Kier molecular flexibility index (Phi) is 4.05. The Labute approximate surface area is 151 Å². The highest BCUT2D eigenvalue weighted by atomic mass is 32.1. The monoisotopic (exact) mass is 366 g/mol. The number of hydrogen-bond donors (Lipinski definition) is 1. The number of nitrogens with one attached hydrogen (secondary N) is 1. The number of carbonyl (C=O) groups excluding carboxylic acids is 1. The number of pyridine rings is 1. The zero-order chi connectivity index (χ0) is 18.1. The Morgan fingerprint density at radius 1 is 1.23 bits per heavy atom. The normalized spacial score (nSPS) is 11.0. The maximum atomic E-state index is 12.4. The fraction of sp³-hybridized carbons (Fsp3) is 0.118. The highest BCUT2D eigenvalue weighted by Gasteiger charge is 2.13. The molecule has 0 bridgehead atoms. The Hall–Kier alpha value is -3.33. The van der Waals surface area contributed by atoms with Crippen LogP contribution in [0.15, 0.2) is 53.3 Å². The average molecular weight is 366 g/mol. The van der Waals surface area contributed by atoms with Crippen molar-refractivity contribution in [2.45, 2.75) is 13.5 Å². The zero-order valence-corrected chi connectivity index (χ0v) is 14.6. The Morgan fingerprint density at radius 2 is 2.12 bits per heavy atom. The van der Waals surface area contributed by atoms with Crippen molar-refractivity contribution in [1.29, 1.82) is 0 Å². The molecule has 0 aromatic carbocycles. The van der Waals surface area contributed by atoms with Gasteiger partial charge in [-0.05, 0) is 24.6 Å². The van der Waals surface area contributed by atoms with Crippen LogP contribution in [-0.4, -0.2) is 29.8 Å². The Bertz CT molecular complexity index is 1160. The van der Waals surface area contributed by atoms with E-state index in [1.807, 2.05) is 29.8 Å². The number of fused-ring (bicyclic) bond motifs is 1. The van der Waals surface area contributed by atoms with Crippen molar-refractivity contribution in [2.24, 2.45) is 0 Å². The maximum Gasteiger partial charge on any atom is 0.271 e. The fourth-order valence-corrected chi connectivity index (χ4v) is 3.26. The van der Waals surface area contributed by atoms with Crippen LogP contribution in [0.4, 0.5) is 0 Å². The molecular formula is C17H14N6O2S. The lowest BCUT2D eigenvalue weighted by atomic mass is 10.2. The molecule has 1 amide bonds. The van der Waals surface area contributed by atoms with Crippen molar-refractivity contribution < 1.29 is 4.79 Å². The molecule has 4 aromatic heterocycles. The lowest BCUT2D eigenvalue weighted by molar-refractivity contribution is 0.0949. The van der Waals surface area contributed by atoms with E-state index in [1.54, 1.807) is 24.0 Å². The van der Waals surface area contributed by atoms with Crippen LogP contribution in [0.3, 0.4) is 0 Å². The molecule has 0 unspecified atom stereocenters. The van der Waals surface area contributed by atoms with Gasteiger partial charge in [0.1, 0.15) is 17.2 Å². The average Bonchev–Trinajstić information content (AvgIpc) is 3.29. The minimum absolute atomic E-state index is 0.0145. The van der Waals surface area contributed by atoms with Crippen molar-refractivity contribution >= 4 is 22.2 Å². The molecular weight excluding hydrogens is 352 g/mol. The Morgan fingerprint density at radius 3 is 2.92 bits per heavy atom. The van der Waals surface area contributed by atoms with E-state index in [0.29, 0.717) is 10.8 Å². The standard InChI is InChI=1S/C17H14N6O2S/c1-11-18-4-5-22(11)14-8-12(2-3-19-14)9-20-15(24)13-10-21-17-23(16(13)25)6-7-26-17/h2-8,10H,9H2,1H3,(H,20,24). The van der Waals surface area contributed by atoms with Crippen LogP contribution in [0.25, 0.3) is 10.8 Å². The summed E-state index contributed by atoms with van der Waals surface area (Å²) >= 11 is 1.34. The van der Waals surface area contributed by atoms with E-state index in [-0.39, 0.29) is 17.7 Å². The molecule has 130 valence electrons. The molecule has 0 fully saturated rings. The smallest absolute Gasteiger partial charge is 0.271 e. The van der Waals surface area contributed by atoms with Gasteiger partial charge in [0, 0.05) is 42.9 Å². The summed E-state index contributed by atoms with van der Waals surface area (Å²) in [7, 11) is 0. The van der Waals surface area contributed by atoms with Crippen molar-refractivity contribution in [1.82, 2.24) is 29.2 Å². The number of thiazole rings is 1. The molecule has 0 atom stereocenters. The second-order valence-electron chi connectivity index (χ2n) is 5.58. The van der Waals surface area contributed by atoms with E-state index in [4.69, 9.17) is 0 Å². The molecule has 4 rings (SSSR count). The highest BCUT2D eigenvalue weighted by molar-refractivity contribution is 7.15. The minimum atomic E-state index is -0.458. The number of hydrogen-bond acceptors (Lipinski definition) is 6. The number of aromatic nitrogens is 5. The van der Waals surface area contributed by atoms with Crippen LogP contribution in [0, 0.1) is 6.92 Å². The predicted molar refractivity (Wildman–Crippen MR) is 96.6 cm³/mol. The maximum absolute atomic E-state index is 12.4. The van der Waals surface area contributed by atoms with Gasteiger partial charge in [-0.15, -0.1) is 11.3 Å². The van der Waals surface area contributed by atoms with E-state index < -0.39 is 5.91 Å². The molecule has 0 aliphatic heterocycles. The van der Waals surface area contributed by atoms with Gasteiger partial charge < -0.3 is 5.32 Å². The number of rotatable bonds is 4. The van der Waals surface area contributed by atoms with Gasteiger partial charge in [-0.2, -0.15) is 0 Å². The number of carbonyl (C=O) groups is 1. The quantitative estimate of drug-likeness (QED) is 0.592. The molecule has 4 heterocycles. The third kappa shape index (κ3) is 2.88. The van der Waals surface area contributed by atoms with Crippen LogP contribution in [0.1, 0.15) is 21.7 Å². The molecule has 0 saturated carbocycles. The van der Waals surface area contributed by atoms with Gasteiger partial charge in [-0.1, -0.05) is 0 Å². The van der Waals surface area contributed by atoms with E-state index >= 15 is 0 Å². The summed E-state index contributed by atoms with van der Waals surface area (Å²) in [6.45, 7) is 2.16. The molecule has 4 aromatic rings. The van der Waals surface area contributed by atoms with Crippen LogP contribution in [0.2, 0.25) is 0 Å². The lowest BCUT2D eigenvalue weighted by Crippen LogP contribution is -2.30. The van der Waals surface area contributed by atoms with Gasteiger partial charge >= 0.3 is 0 Å². The second-order valence-corrected chi connectivity index (χ2v) is 6.46. The molecule has 0 aliphatic carbocycles. The van der Waals surface area contributed by atoms with Crippen LogP contribution in [0.5, 0.6) is 0 Å². The summed E-state index contributed by atoms with van der Waals surface area (Å²) in [5, 5.41) is 4.51. The minimum Gasteiger partial charge on any atom is -0.348 e. The third-order valence-corrected chi connectivity index (χ3v) is 4.69. The first kappa shape index (κ1) is 16.2. The van der Waals surface area contributed by atoms with E-state index in [2.05, 4.69) is 20.3 Å². The van der Waals surface area contributed by atoms with Gasteiger partial charge in [-0.25, -0.2) is 15.0 Å². The van der Waals surface area contributed by atoms with E-state index in [0.717, 1.165) is 11.4 Å². The highest BCUT2D eigenvalue weighted by Crippen LogP contribution is 2.10. The molecule has 0 radical (unpaired) electrons. The first-order chi connectivity index (χ1) is 12.6. The van der Waals surface area contributed by atoms with Crippen molar-refractivity contribution in [3.8, 4) is 5.82 Å². The topological polar surface area (TPSA) is 94.2 Å². The summed E-state index contributed by atoms with van der Waals surface area (Å²) in [4.78, 5) is 37.9. The van der Waals surface area contributed by atoms with Crippen molar-refractivity contribution in [3.63, 3.8) is 0 Å². The number of imidazole rings is 1. The van der Waals surface area contributed by atoms with Crippen molar-refractivity contribution in [3.05, 3.63) is 75.8 Å². The van der Waals surface area contributed by atoms with Gasteiger partial charge in [0.15, 0.2) is 4.96 Å². The van der Waals surface area contributed by atoms with Crippen LogP contribution in [-0.2, 0) is 6.54 Å². The number of nitrogens with zero attached hydrogens (tertiary/aromatic N) is 5. The first-order valence-corrected chi connectivity index (χ1v) is 8.70. The molecule has 0 aliphatic rings.